The van der Waals surface area contributed by atoms with Crippen molar-refractivity contribution in [1.82, 2.24) is 14.5 Å². The van der Waals surface area contributed by atoms with Crippen LogP contribution in [0.4, 0.5) is 5.82 Å². The average molecular weight is 369 g/mol. The third kappa shape index (κ3) is 2.06. The molecule has 0 unspecified atom stereocenters. The number of halogens is 1. The topological polar surface area (TPSA) is 76.7 Å². The Morgan fingerprint density at radius 2 is 2.00 bits per heavy atom. The fraction of sp³-hybridized carbons (Fsp3) is 0.0588. The lowest BCUT2D eigenvalue weighted by atomic mass is 10.1. The van der Waals surface area contributed by atoms with E-state index in [9.17, 15) is 4.79 Å². The molecule has 6 heteroatoms. The number of aryl methyl sites for hydroxylation is 1. The highest BCUT2D eigenvalue weighted by Crippen LogP contribution is 2.27. The molecule has 3 N–H and O–H groups in total. The summed E-state index contributed by atoms with van der Waals surface area (Å²) in [5.41, 5.74) is 8.89. The first-order chi connectivity index (χ1) is 11.1. The second-order valence-corrected chi connectivity index (χ2v) is 6.33. The summed E-state index contributed by atoms with van der Waals surface area (Å²) in [5.74, 6) is 0.884. The lowest BCUT2D eigenvalue weighted by Gasteiger charge is -2.08. The number of hydrogen-bond donors (Lipinski definition) is 2. The molecule has 0 aliphatic carbocycles. The maximum Gasteiger partial charge on any atom is 0.202 e. The van der Waals surface area contributed by atoms with Crippen molar-refractivity contribution in [2.75, 3.05) is 5.73 Å². The van der Waals surface area contributed by atoms with Crippen LogP contribution in [0.15, 0.2) is 51.7 Å². The van der Waals surface area contributed by atoms with Crippen molar-refractivity contribution in [2.24, 2.45) is 7.05 Å². The van der Waals surface area contributed by atoms with Gasteiger partial charge in [-0.2, -0.15) is 0 Å². The quantitative estimate of drug-likeness (QED) is 0.540. The van der Waals surface area contributed by atoms with E-state index in [0.29, 0.717) is 28.1 Å². The fourth-order valence-electron chi connectivity index (χ4n) is 2.87. The van der Waals surface area contributed by atoms with Gasteiger partial charge < -0.3 is 15.3 Å². The summed E-state index contributed by atoms with van der Waals surface area (Å²) < 4.78 is 2.73. The van der Waals surface area contributed by atoms with Gasteiger partial charge in [0.05, 0.1) is 16.6 Å². The van der Waals surface area contributed by atoms with E-state index < -0.39 is 0 Å². The normalized spacial score (nSPS) is 11.4. The van der Waals surface area contributed by atoms with Gasteiger partial charge in [-0.15, -0.1) is 0 Å². The summed E-state index contributed by atoms with van der Waals surface area (Å²) in [6.45, 7) is 0. The molecule has 0 spiro atoms. The SMILES string of the molecule is Cn1c(-c2c(N)[nH]c3ccc(Br)cc3c2=O)nc2ccccc21. The highest BCUT2D eigenvalue weighted by Gasteiger charge is 2.18. The average Bonchev–Trinajstić information content (AvgIpc) is 2.86. The van der Waals surface area contributed by atoms with Gasteiger partial charge in [0.15, 0.2) is 0 Å². The van der Waals surface area contributed by atoms with Gasteiger partial charge in [0.1, 0.15) is 17.2 Å². The van der Waals surface area contributed by atoms with Crippen LogP contribution in [0.1, 0.15) is 0 Å². The number of nitrogens with zero attached hydrogens (tertiary/aromatic N) is 2. The maximum absolute atomic E-state index is 13.0. The number of nitrogens with two attached hydrogens (primary N) is 1. The molecule has 5 nitrogen and oxygen atoms in total. The predicted molar refractivity (Wildman–Crippen MR) is 96.4 cm³/mol. The van der Waals surface area contributed by atoms with E-state index >= 15 is 0 Å². The largest absolute Gasteiger partial charge is 0.385 e. The van der Waals surface area contributed by atoms with Crippen molar-refractivity contribution < 1.29 is 0 Å². The molecule has 0 saturated heterocycles. The minimum absolute atomic E-state index is 0.129. The molecule has 114 valence electrons. The highest BCUT2D eigenvalue weighted by atomic mass is 79.9. The zero-order valence-corrected chi connectivity index (χ0v) is 13.9. The summed E-state index contributed by atoms with van der Waals surface area (Å²) >= 11 is 3.40. The molecule has 0 radical (unpaired) electrons. The van der Waals surface area contributed by atoms with Gasteiger partial charge >= 0.3 is 0 Å². The summed E-state index contributed by atoms with van der Waals surface area (Å²) in [6, 6.07) is 13.2. The Morgan fingerprint density at radius 1 is 1.22 bits per heavy atom. The van der Waals surface area contributed by atoms with E-state index in [2.05, 4.69) is 25.9 Å². The van der Waals surface area contributed by atoms with Gasteiger partial charge in [-0.1, -0.05) is 28.1 Å². The Hall–Kier alpha value is -2.60. The van der Waals surface area contributed by atoms with Crippen LogP contribution in [0.3, 0.4) is 0 Å². The third-order valence-electron chi connectivity index (χ3n) is 4.00. The van der Waals surface area contributed by atoms with Gasteiger partial charge in [0.25, 0.3) is 0 Å². The zero-order valence-electron chi connectivity index (χ0n) is 12.3. The van der Waals surface area contributed by atoms with Crippen LogP contribution in [0.25, 0.3) is 33.3 Å². The molecule has 23 heavy (non-hydrogen) atoms. The van der Waals surface area contributed by atoms with Gasteiger partial charge in [0.2, 0.25) is 5.43 Å². The Bertz CT molecular complexity index is 1130. The molecule has 4 rings (SSSR count). The number of aromatic nitrogens is 3. The van der Waals surface area contributed by atoms with Crippen LogP contribution in [0.2, 0.25) is 0 Å². The second-order valence-electron chi connectivity index (χ2n) is 5.42. The first-order valence-corrected chi connectivity index (χ1v) is 7.88. The fourth-order valence-corrected chi connectivity index (χ4v) is 3.23. The maximum atomic E-state index is 13.0. The summed E-state index contributed by atoms with van der Waals surface area (Å²) in [6.07, 6.45) is 0. The van der Waals surface area contributed by atoms with Gasteiger partial charge in [-0.05, 0) is 30.3 Å². The van der Waals surface area contributed by atoms with Crippen LogP contribution >= 0.6 is 15.9 Å². The number of aromatic amines is 1. The Labute approximate surface area is 139 Å². The minimum atomic E-state index is -0.129. The van der Waals surface area contributed by atoms with E-state index in [-0.39, 0.29) is 5.43 Å². The Morgan fingerprint density at radius 3 is 2.78 bits per heavy atom. The number of nitrogen functional groups attached to an aromatic ring is 1. The van der Waals surface area contributed by atoms with E-state index in [1.807, 2.05) is 48.0 Å². The third-order valence-corrected chi connectivity index (χ3v) is 4.50. The molecule has 0 amide bonds. The lowest BCUT2D eigenvalue weighted by molar-refractivity contribution is 0.957. The van der Waals surface area contributed by atoms with Crippen molar-refractivity contribution >= 4 is 43.7 Å². The molecule has 0 aliphatic heterocycles. The number of hydrogen-bond acceptors (Lipinski definition) is 3. The highest BCUT2D eigenvalue weighted by molar-refractivity contribution is 9.10. The van der Waals surface area contributed by atoms with Crippen LogP contribution in [0, 0.1) is 0 Å². The number of rotatable bonds is 1. The van der Waals surface area contributed by atoms with Crippen molar-refractivity contribution in [3.8, 4) is 11.4 Å². The Kier molecular flexibility index (Phi) is 3.02. The van der Waals surface area contributed by atoms with Crippen molar-refractivity contribution in [3.63, 3.8) is 0 Å². The number of benzene rings is 2. The molecular weight excluding hydrogens is 356 g/mol. The molecule has 0 fully saturated rings. The number of nitrogens with one attached hydrogen (secondary N) is 1. The minimum Gasteiger partial charge on any atom is -0.385 e. The van der Waals surface area contributed by atoms with E-state index in [0.717, 1.165) is 15.5 Å². The lowest BCUT2D eigenvalue weighted by Crippen LogP contribution is -2.13. The van der Waals surface area contributed by atoms with Gasteiger partial charge in [-0.25, -0.2) is 4.98 Å². The standard InChI is InChI=1S/C17H13BrN4O/c1-22-13-5-3-2-4-12(13)21-17(22)14-15(23)10-8-9(18)6-7-11(10)20-16(14)19/h2-8H,1H3,(H3,19,20,23). The number of pyridine rings is 1. The van der Waals surface area contributed by atoms with Gasteiger partial charge in [-0.3, -0.25) is 4.79 Å². The molecule has 2 heterocycles. The van der Waals surface area contributed by atoms with Crippen LogP contribution in [-0.4, -0.2) is 14.5 Å². The van der Waals surface area contributed by atoms with Crippen LogP contribution in [-0.2, 0) is 7.05 Å². The molecule has 0 bridgehead atoms. The zero-order chi connectivity index (χ0) is 16.1. The summed E-state index contributed by atoms with van der Waals surface area (Å²) in [7, 11) is 1.88. The van der Waals surface area contributed by atoms with E-state index in [1.54, 1.807) is 6.07 Å². The molecule has 0 atom stereocenters. The van der Waals surface area contributed by atoms with Crippen molar-refractivity contribution in [2.45, 2.75) is 0 Å². The second kappa shape index (κ2) is 4.96. The first-order valence-electron chi connectivity index (χ1n) is 7.09. The number of H-pyrrole nitrogens is 1. The molecule has 2 aromatic heterocycles. The van der Waals surface area contributed by atoms with E-state index in [1.165, 1.54) is 0 Å². The number of para-hydroxylation sites is 2. The van der Waals surface area contributed by atoms with Crippen molar-refractivity contribution in [3.05, 3.63) is 57.2 Å². The van der Waals surface area contributed by atoms with Crippen LogP contribution in [0.5, 0.6) is 0 Å². The monoisotopic (exact) mass is 368 g/mol. The number of fused-ring (bicyclic) bond motifs is 2. The first kappa shape index (κ1) is 14.0. The molecule has 0 aliphatic rings. The van der Waals surface area contributed by atoms with Gasteiger partial charge in [0, 0.05) is 16.9 Å². The molecule has 2 aromatic carbocycles. The van der Waals surface area contributed by atoms with E-state index in [4.69, 9.17) is 5.73 Å². The molecule has 4 aromatic rings. The van der Waals surface area contributed by atoms with Crippen LogP contribution < -0.4 is 11.2 Å². The van der Waals surface area contributed by atoms with Crippen molar-refractivity contribution in [1.29, 1.82) is 0 Å². The smallest absolute Gasteiger partial charge is 0.202 e. The molecular formula is C17H13BrN4O. The summed E-state index contributed by atoms with van der Waals surface area (Å²) in [4.78, 5) is 20.6. The number of imidazole rings is 1. The summed E-state index contributed by atoms with van der Waals surface area (Å²) in [5, 5.41) is 0.579. The Balaban J connectivity index is 2.12. The number of anilines is 1. The molecule has 0 saturated carbocycles. The predicted octanol–water partition coefficient (Wildman–Crippen LogP) is 3.43.